The molecule has 27 heavy (non-hydrogen) atoms. The third kappa shape index (κ3) is 4.08. The third-order valence-corrected chi connectivity index (χ3v) is 4.26. The van der Waals surface area contributed by atoms with Crippen LogP contribution < -0.4 is 14.8 Å². The van der Waals surface area contributed by atoms with Crippen molar-refractivity contribution in [3.63, 3.8) is 0 Å². The van der Waals surface area contributed by atoms with Crippen LogP contribution in [-0.4, -0.2) is 30.1 Å². The number of benzene rings is 1. The number of ether oxygens (including phenoxy) is 3. The van der Waals surface area contributed by atoms with Gasteiger partial charge in [0.2, 0.25) is 0 Å². The molecule has 2 aliphatic rings. The van der Waals surface area contributed by atoms with Gasteiger partial charge in [-0.3, -0.25) is 9.78 Å². The minimum atomic E-state index is -0.469. The van der Waals surface area contributed by atoms with E-state index >= 15 is 0 Å². The summed E-state index contributed by atoms with van der Waals surface area (Å²) in [5.74, 6) is 0.742. The molecule has 7 heteroatoms. The molecule has 2 aliphatic heterocycles. The van der Waals surface area contributed by atoms with Crippen molar-refractivity contribution in [1.82, 2.24) is 4.98 Å². The lowest BCUT2D eigenvalue weighted by molar-refractivity contribution is -0.139. The minimum Gasteiger partial charge on any atom is -0.492 e. The molecular formula is C20H18N2O5. The van der Waals surface area contributed by atoms with E-state index in [2.05, 4.69) is 10.3 Å². The number of hydrogen-bond acceptors (Lipinski definition) is 6. The Morgan fingerprint density at radius 1 is 1.26 bits per heavy atom. The Hall–Kier alpha value is -3.35. The summed E-state index contributed by atoms with van der Waals surface area (Å²) in [5.41, 5.74) is 3.12. The molecule has 4 rings (SSSR count). The molecule has 1 aromatic carbocycles. The Morgan fingerprint density at radius 3 is 3.11 bits per heavy atom. The van der Waals surface area contributed by atoms with Gasteiger partial charge in [-0.25, -0.2) is 4.79 Å². The van der Waals surface area contributed by atoms with E-state index in [9.17, 15) is 9.59 Å². The maximum absolute atomic E-state index is 12.0. The van der Waals surface area contributed by atoms with E-state index in [1.165, 1.54) is 6.08 Å². The maximum atomic E-state index is 12.0. The summed E-state index contributed by atoms with van der Waals surface area (Å²) in [4.78, 5) is 27.6. The zero-order chi connectivity index (χ0) is 18.6. The second kappa shape index (κ2) is 7.49. The van der Waals surface area contributed by atoms with Crippen LogP contribution >= 0.6 is 0 Å². The number of nitrogens with one attached hydrogen (secondary N) is 1. The molecule has 1 N–H and O–H groups in total. The lowest BCUT2D eigenvalue weighted by Gasteiger charge is -2.17. The van der Waals surface area contributed by atoms with E-state index < -0.39 is 5.97 Å². The molecule has 1 amide bonds. The number of pyridine rings is 1. The average Bonchev–Trinajstić information content (AvgIpc) is 2.70. The lowest BCUT2D eigenvalue weighted by Crippen LogP contribution is -2.25. The van der Waals surface area contributed by atoms with E-state index in [1.54, 1.807) is 30.5 Å². The molecule has 0 fully saturated rings. The first-order valence-electron chi connectivity index (χ1n) is 8.69. The number of nitrogens with zero attached hydrogens (tertiary/aromatic N) is 1. The summed E-state index contributed by atoms with van der Waals surface area (Å²) in [7, 11) is 0. The molecule has 7 nitrogen and oxygen atoms in total. The lowest BCUT2D eigenvalue weighted by atomic mass is 10.1. The van der Waals surface area contributed by atoms with Gasteiger partial charge in [0.15, 0.2) is 6.61 Å². The second-order valence-electron chi connectivity index (χ2n) is 6.27. The number of aromatic nitrogens is 1. The van der Waals surface area contributed by atoms with Crippen molar-refractivity contribution in [2.75, 3.05) is 18.5 Å². The zero-order valence-corrected chi connectivity index (χ0v) is 14.6. The Balaban J connectivity index is 1.35. The van der Waals surface area contributed by atoms with Gasteiger partial charge in [0.1, 0.15) is 18.1 Å². The fraction of sp³-hybridized carbons (Fsp3) is 0.250. The number of carbonyl (C=O) groups excluding carboxylic acids is 2. The molecule has 0 aliphatic carbocycles. The minimum absolute atomic E-state index is 0.0113. The molecule has 0 spiro atoms. The van der Waals surface area contributed by atoms with Crippen molar-refractivity contribution < 1.29 is 23.8 Å². The van der Waals surface area contributed by atoms with E-state index in [0.717, 1.165) is 29.7 Å². The number of rotatable bonds is 4. The molecule has 0 bridgehead atoms. The van der Waals surface area contributed by atoms with Crippen molar-refractivity contribution >= 4 is 23.6 Å². The van der Waals surface area contributed by atoms with Crippen LogP contribution in [0.2, 0.25) is 0 Å². The van der Waals surface area contributed by atoms with Gasteiger partial charge >= 0.3 is 5.97 Å². The first-order chi connectivity index (χ1) is 13.2. The van der Waals surface area contributed by atoms with Crippen LogP contribution in [0.5, 0.6) is 11.5 Å². The number of carbonyl (C=O) groups is 2. The molecule has 1 aromatic heterocycles. The SMILES string of the molecule is O=C1COc2ccc(/C=C/C(=O)OCc3cc4c(cn3)OCCC4)cc2N1. The predicted molar refractivity (Wildman–Crippen MR) is 97.4 cm³/mol. The number of aryl methyl sites for hydroxylation is 1. The topological polar surface area (TPSA) is 86.8 Å². The molecule has 0 radical (unpaired) electrons. The van der Waals surface area contributed by atoms with Crippen molar-refractivity contribution in [3.8, 4) is 11.5 Å². The van der Waals surface area contributed by atoms with Gasteiger partial charge in [-0.1, -0.05) is 6.07 Å². The number of hydrogen-bond donors (Lipinski definition) is 1. The molecule has 138 valence electrons. The van der Waals surface area contributed by atoms with Gasteiger partial charge < -0.3 is 19.5 Å². The van der Waals surface area contributed by atoms with Gasteiger partial charge in [-0.2, -0.15) is 0 Å². The van der Waals surface area contributed by atoms with Crippen LogP contribution in [0.3, 0.4) is 0 Å². The van der Waals surface area contributed by atoms with Gasteiger partial charge in [0.25, 0.3) is 5.91 Å². The Bertz CT molecular complexity index is 923. The summed E-state index contributed by atoms with van der Waals surface area (Å²) < 4.78 is 16.1. The highest BCUT2D eigenvalue weighted by molar-refractivity contribution is 5.96. The summed E-state index contributed by atoms with van der Waals surface area (Å²) in [6.07, 6.45) is 6.56. The Labute approximate surface area is 156 Å². The van der Waals surface area contributed by atoms with Crippen molar-refractivity contribution in [3.05, 3.63) is 53.4 Å². The molecule has 3 heterocycles. The molecule has 0 atom stereocenters. The van der Waals surface area contributed by atoms with E-state index in [0.29, 0.717) is 23.7 Å². The van der Waals surface area contributed by atoms with Crippen LogP contribution in [0.25, 0.3) is 6.08 Å². The highest BCUT2D eigenvalue weighted by atomic mass is 16.5. The zero-order valence-electron chi connectivity index (χ0n) is 14.6. The van der Waals surface area contributed by atoms with Crippen molar-refractivity contribution in [2.45, 2.75) is 19.4 Å². The quantitative estimate of drug-likeness (QED) is 0.661. The van der Waals surface area contributed by atoms with Gasteiger partial charge in [-0.05, 0) is 48.2 Å². The normalized spacial score (nSPS) is 15.2. The van der Waals surface area contributed by atoms with Crippen LogP contribution in [0.1, 0.15) is 23.2 Å². The summed E-state index contributed by atoms with van der Waals surface area (Å²) in [5, 5.41) is 2.73. The van der Waals surface area contributed by atoms with E-state index in [1.807, 2.05) is 6.07 Å². The first-order valence-corrected chi connectivity index (χ1v) is 8.69. The second-order valence-corrected chi connectivity index (χ2v) is 6.27. The smallest absolute Gasteiger partial charge is 0.331 e. The van der Waals surface area contributed by atoms with Gasteiger partial charge in [0, 0.05) is 6.08 Å². The van der Waals surface area contributed by atoms with E-state index in [4.69, 9.17) is 14.2 Å². The number of fused-ring (bicyclic) bond motifs is 2. The van der Waals surface area contributed by atoms with Gasteiger partial charge in [-0.15, -0.1) is 0 Å². The number of amides is 1. The summed E-state index contributed by atoms with van der Waals surface area (Å²) >= 11 is 0. The van der Waals surface area contributed by atoms with Crippen LogP contribution in [0, 0.1) is 0 Å². The first kappa shape index (κ1) is 17.1. The molecule has 0 saturated carbocycles. The standard InChI is InChI=1S/C20H18N2O5/c23-19-12-26-17-5-3-13(8-16(17)22-19)4-6-20(24)27-11-15-9-14-2-1-7-25-18(14)10-21-15/h3-6,8-10H,1-2,7,11-12H2,(H,22,23)/b6-4+. The fourth-order valence-electron chi connectivity index (χ4n) is 2.94. The summed E-state index contributed by atoms with van der Waals surface area (Å²) in [6.45, 7) is 0.828. The maximum Gasteiger partial charge on any atom is 0.331 e. The predicted octanol–water partition coefficient (Wildman–Crippen LogP) is 2.49. The van der Waals surface area contributed by atoms with E-state index in [-0.39, 0.29) is 19.1 Å². The third-order valence-electron chi connectivity index (χ3n) is 4.26. The Morgan fingerprint density at radius 2 is 2.19 bits per heavy atom. The van der Waals surface area contributed by atoms with Crippen molar-refractivity contribution in [1.29, 1.82) is 0 Å². The van der Waals surface area contributed by atoms with Gasteiger partial charge in [0.05, 0.1) is 24.2 Å². The van der Waals surface area contributed by atoms with Crippen LogP contribution in [0.4, 0.5) is 5.69 Å². The number of esters is 1. The van der Waals surface area contributed by atoms with Crippen molar-refractivity contribution in [2.24, 2.45) is 0 Å². The van der Waals surface area contributed by atoms with Crippen LogP contribution in [-0.2, 0) is 27.4 Å². The van der Waals surface area contributed by atoms with Crippen LogP contribution in [0.15, 0.2) is 36.5 Å². The highest BCUT2D eigenvalue weighted by Gasteiger charge is 2.15. The molecule has 2 aromatic rings. The highest BCUT2D eigenvalue weighted by Crippen LogP contribution is 2.29. The Kier molecular flexibility index (Phi) is 4.74. The average molecular weight is 366 g/mol. The fourth-order valence-corrected chi connectivity index (χ4v) is 2.94. The molecular weight excluding hydrogens is 348 g/mol. The summed E-state index contributed by atoms with van der Waals surface area (Å²) in [6, 6.07) is 7.20. The largest absolute Gasteiger partial charge is 0.492 e. The molecule has 0 saturated heterocycles. The monoisotopic (exact) mass is 366 g/mol. The molecule has 0 unspecified atom stereocenters. The number of anilines is 1.